The van der Waals surface area contributed by atoms with E-state index in [-0.39, 0.29) is 12.8 Å². The molecule has 0 radical (unpaired) electrons. The second-order valence-corrected chi connectivity index (χ2v) is 3.84. The summed E-state index contributed by atoms with van der Waals surface area (Å²) in [6, 6.07) is 3.73. The fourth-order valence-corrected chi connectivity index (χ4v) is 2.07. The molecule has 3 nitrogen and oxygen atoms in total. The van der Waals surface area contributed by atoms with Gasteiger partial charge in [0.15, 0.2) is 11.5 Å². The standard InChI is InChI=1S/C9H10BrNO2/c1-5(11)8-6(10)2-3-7-9(8)13-4-12-7/h2-3,5H,4,11H2,1H3/t5-/m0/s1. The Bertz CT molecular complexity index is 339. The second kappa shape index (κ2) is 3.20. The number of halogens is 1. The SMILES string of the molecule is C[C@H](N)c1c(Br)ccc2c1OCO2. The molecule has 0 unspecified atom stereocenters. The van der Waals surface area contributed by atoms with E-state index in [1.165, 1.54) is 0 Å². The molecule has 4 heteroatoms. The van der Waals surface area contributed by atoms with E-state index in [0.717, 1.165) is 21.5 Å². The number of fused-ring (bicyclic) bond motifs is 1. The normalized spacial score (nSPS) is 15.9. The minimum atomic E-state index is -0.0639. The summed E-state index contributed by atoms with van der Waals surface area (Å²) >= 11 is 3.43. The Morgan fingerprint density at radius 2 is 2.23 bits per heavy atom. The van der Waals surface area contributed by atoms with Crippen molar-refractivity contribution in [2.24, 2.45) is 5.73 Å². The first-order valence-electron chi connectivity index (χ1n) is 4.03. The summed E-state index contributed by atoms with van der Waals surface area (Å²) in [4.78, 5) is 0. The van der Waals surface area contributed by atoms with Crippen molar-refractivity contribution in [3.8, 4) is 11.5 Å². The molecule has 1 aromatic rings. The minimum absolute atomic E-state index is 0.0639. The van der Waals surface area contributed by atoms with Gasteiger partial charge < -0.3 is 15.2 Å². The number of rotatable bonds is 1. The first-order valence-corrected chi connectivity index (χ1v) is 4.83. The van der Waals surface area contributed by atoms with Crippen molar-refractivity contribution < 1.29 is 9.47 Å². The van der Waals surface area contributed by atoms with Crippen molar-refractivity contribution in [3.05, 3.63) is 22.2 Å². The largest absolute Gasteiger partial charge is 0.454 e. The molecule has 1 heterocycles. The Morgan fingerprint density at radius 1 is 1.46 bits per heavy atom. The number of nitrogens with two attached hydrogens (primary N) is 1. The maximum atomic E-state index is 5.82. The van der Waals surface area contributed by atoms with Crippen LogP contribution in [0.5, 0.6) is 11.5 Å². The van der Waals surface area contributed by atoms with E-state index in [1.807, 2.05) is 19.1 Å². The van der Waals surface area contributed by atoms with Crippen molar-refractivity contribution in [3.63, 3.8) is 0 Å². The summed E-state index contributed by atoms with van der Waals surface area (Å²) in [5, 5.41) is 0. The summed E-state index contributed by atoms with van der Waals surface area (Å²) in [7, 11) is 0. The van der Waals surface area contributed by atoms with Crippen LogP contribution in [-0.2, 0) is 0 Å². The highest BCUT2D eigenvalue weighted by atomic mass is 79.9. The molecule has 70 valence electrons. The highest BCUT2D eigenvalue weighted by Gasteiger charge is 2.21. The number of hydrogen-bond donors (Lipinski definition) is 1. The van der Waals surface area contributed by atoms with E-state index in [4.69, 9.17) is 15.2 Å². The average molecular weight is 244 g/mol. The van der Waals surface area contributed by atoms with E-state index in [0.29, 0.717) is 0 Å². The van der Waals surface area contributed by atoms with Crippen LogP contribution in [-0.4, -0.2) is 6.79 Å². The van der Waals surface area contributed by atoms with Crippen LogP contribution in [0.1, 0.15) is 18.5 Å². The van der Waals surface area contributed by atoms with Crippen LogP contribution < -0.4 is 15.2 Å². The van der Waals surface area contributed by atoms with Crippen molar-refractivity contribution >= 4 is 15.9 Å². The zero-order valence-corrected chi connectivity index (χ0v) is 8.80. The lowest BCUT2D eigenvalue weighted by atomic mass is 10.1. The van der Waals surface area contributed by atoms with Gasteiger partial charge in [-0.15, -0.1) is 0 Å². The van der Waals surface area contributed by atoms with Gasteiger partial charge in [0.1, 0.15) is 0 Å². The molecule has 1 aliphatic rings. The first-order chi connectivity index (χ1) is 6.20. The van der Waals surface area contributed by atoms with E-state index in [1.54, 1.807) is 0 Å². The molecule has 1 aliphatic heterocycles. The van der Waals surface area contributed by atoms with Crippen LogP contribution in [0, 0.1) is 0 Å². The van der Waals surface area contributed by atoms with Crippen molar-refractivity contribution in [1.82, 2.24) is 0 Å². The van der Waals surface area contributed by atoms with Crippen molar-refractivity contribution in [1.29, 1.82) is 0 Å². The molecule has 2 N–H and O–H groups in total. The lowest BCUT2D eigenvalue weighted by Crippen LogP contribution is -2.07. The van der Waals surface area contributed by atoms with Gasteiger partial charge in [-0.05, 0) is 19.1 Å². The molecule has 1 atom stereocenters. The number of hydrogen-bond acceptors (Lipinski definition) is 3. The zero-order valence-electron chi connectivity index (χ0n) is 7.21. The summed E-state index contributed by atoms with van der Waals surface area (Å²) in [5.74, 6) is 1.54. The topological polar surface area (TPSA) is 44.5 Å². The van der Waals surface area contributed by atoms with Crippen LogP contribution in [0.25, 0.3) is 0 Å². The van der Waals surface area contributed by atoms with E-state index < -0.39 is 0 Å². The monoisotopic (exact) mass is 243 g/mol. The van der Waals surface area contributed by atoms with E-state index >= 15 is 0 Å². The Kier molecular flexibility index (Phi) is 2.17. The summed E-state index contributed by atoms with van der Waals surface area (Å²) in [6.07, 6.45) is 0. The summed E-state index contributed by atoms with van der Waals surface area (Å²) in [5.41, 5.74) is 6.79. The van der Waals surface area contributed by atoms with Crippen molar-refractivity contribution in [2.45, 2.75) is 13.0 Å². The lowest BCUT2D eigenvalue weighted by Gasteiger charge is -2.11. The number of ether oxygens (including phenoxy) is 2. The lowest BCUT2D eigenvalue weighted by molar-refractivity contribution is 0.173. The molecule has 0 aromatic heterocycles. The maximum Gasteiger partial charge on any atom is 0.231 e. The molecule has 0 fully saturated rings. The van der Waals surface area contributed by atoms with Crippen LogP contribution in [0.15, 0.2) is 16.6 Å². The van der Waals surface area contributed by atoms with E-state index in [2.05, 4.69) is 15.9 Å². The quantitative estimate of drug-likeness (QED) is 0.823. The minimum Gasteiger partial charge on any atom is -0.454 e. The maximum absolute atomic E-state index is 5.82. The highest BCUT2D eigenvalue weighted by molar-refractivity contribution is 9.10. The molecular formula is C9H10BrNO2. The number of benzene rings is 1. The molecule has 13 heavy (non-hydrogen) atoms. The highest BCUT2D eigenvalue weighted by Crippen LogP contribution is 2.41. The third-order valence-electron chi connectivity index (χ3n) is 1.98. The summed E-state index contributed by atoms with van der Waals surface area (Å²) < 4.78 is 11.5. The molecule has 0 saturated carbocycles. The Labute approximate surface area is 85.0 Å². The predicted octanol–water partition coefficient (Wildman–Crippen LogP) is 2.20. The molecule has 0 spiro atoms. The average Bonchev–Trinajstić information content (AvgIpc) is 2.50. The van der Waals surface area contributed by atoms with Gasteiger partial charge in [0.25, 0.3) is 0 Å². The smallest absolute Gasteiger partial charge is 0.231 e. The van der Waals surface area contributed by atoms with Crippen LogP contribution >= 0.6 is 15.9 Å². The second-order valence-electron chi connectivity index (χ2n) is 2.98. The molecule has 0 saturated heterocycles. The molecular weight excluding hydrogens is 234 g/mol. The Balaban J connectivity index is 2.58. The van der Waals surface area contributed by atoms with Gasteiger partial charge in [0.2, 0.25) is 6.79 Å². The van der Waals surface area contributed by atoms with Gasteiger partial charge in [0.05, 0.1) is 0 Å². The predicted molar refractivity (Wildman–Crippen MR) is 52.9 cm³/mol. The van der Waals surface area contributed by atoms with Gasteiger partial charge >= 0.3 is 0 Å². The fraction of sp³-hybridized carbons (Fsp3) is 0.333. The van der Waals surface area contributed by atoms with Crippen LogP contribution in [0.4, 0.5) is 0 Å². The third-order valence-corrected chi connectivity index (χ3v) is 2.67. The van der Waals surface area contributed by atoms with E-state index in [9.17, 15) is 0 Å². The van der Waals surface area contributed by atoms with Gasteiger partial charge in [-0.1, -0.05) is 15.9 Å². The van der Waals surface area contributed by atoms with Gasteiger partial charge in [0, 0.05) is 16.1 Å². The molecule has 0 aliphatic carbocycles. The van der Waals surface area contributed by atoms with Gasteiger partial charge in [-0.2, -0.15) is 0 Å². The molecule has 2 rings (SSSR count). The van der Waals surface area contributed by atoms with Crippen LogP contribution in [0.3, 0.4) is 0 Å². The Morgan fingerprint density at radius 3 is 2.92 bits per heavy atom. The fourth-order valence-electron chi connectivity index (χ4n) is 1.39. The first kappa shape index (κ1) is 8.84. The van der Waals surface area contributed by atoms with Crippen LogP contribution in [0.2, 0.25) is 0 Å². The van der Waals surface area contributed by atoms with Gasteiger partial charge in [-0.25, -0.2) is 0 Å². The summed E-state index contributed by atoms with van der Waals surface area (Å²) in [6.45, 7) is 2.20. The van der Waals surface area contributed by atoms with Crippen molar-refractivity contribution in [2.75, 3.05) is 6.79 Å². The molecule has 0 amide bonds. The zero-order chi connectivity index (χ0) is 9.42. The molecule has 1 aromatic carbocycles. The van der Waals surface area contributed by atoms with Gasteiger partial charge in [-0.3, -0.25) is 0 Å². The molecule has 0 bridgehead atoms. The Hall–Kier alpha value is -0.740. The third kappa shape index (κ3) is 1.40.